The minimum atomic E-state index is -1.23. The Morgan fingerprint density at radius 2 is 1.61 bits per heavy atom. The standard InChI is InChI=1S/C14H12N2O2/c15-13(16-14(17)18)12-9-5-4-8-11(12)10-6-2-1-3-7-10/h1-9H,(H2,15,16)(H,17,18). The zero-order valence-corrected chi connectivity index (χ0v) is 9.55. The van der Waals surface area contributed by atoms with E-state index in [0.29, 0.717) is 5.56 Å². The molecule has 4 heteroatoms. The van der Waals surface area contributed by atoms with E-state index in [2.05, 4.69) is 5.32 Å². The van der Waals surface area contributed by atoms with Gasteiger partial charge in [-0.3, -0.25) is 10.7 Å². The second-order valence-electron chi connectivity index (χ2n) is 3.72. The summed E-state index contributed by atoms with van der Waals surface area (Å²) in [5.74, 6) is -0.123. The fraction of sp³-hybridized carbons (Fsp3) is 0. The molecule has 0 unspecified atom stereocenters. The van der Waals surface area contributed by atoms with Crippen LogP contribution in [0.5, 0.6) is 0 Å². The van der Waals surface area contributed by atoms with E-state index in [-0.39, 0.29) is 5.84 Å². The molecule has 0 aromatic heterocycles. The van der Waals surface area contributed by atoms with Gasteiger partial charge in [-0.1, -0.05) is 54.6 Å². The first-order valence-corrected chi connectivity index (χ1v) is 5.42. The molecule has 0 atom stereocenters. The van der Waals surface area contributed by atoms with Crippen molar-refractivity contribution in [1.29, 1.82) is 5.41 Å². The minimum absolute atomic E-state index is 0.123. The Labute approximate surface area is 104 Å². The Kier molecular flexibility index (Phi) is 3.38. The van der Waals surface area contributed by atoms with Crippen molar-refractivity contribution in [2.45, 2.75) is 0 Å². The largest absolute Gasteiger partial charge is 0.465 e. The van der Waals surface area contributed by atoms with Gasteiger partial charge in [0, 0.05) is 5.56 Å². The summed E-state index contributed by atoms with van der Waals surface area (Å²) in [5.41, 5.74) is 2.34. The topological polar surface area (TPSA) is 73.2 Å². The first-order valence-electron chi connectivity index (χ1n) is 5.42. The van der Waals surface area contributed by atoms with Gasteiger partial charge in [0.2, 0.25) is 0 Å². The van der Waals surface area contributed by atoms with E-state index < -0.39 is 6.09 Å². The molecule has 0 aliphatic rings. The van der Waals surface area contributed by atoms with Gasteiger partial charge in [-0.15, -0.1) is 0 Å². The zero-order valence-electron chi connectivity index (χ0n) is 9.55. The van der Waals surface area contributed by atoms with Gasteiger partial charge in [0.05, 0.1) is 0 Å². The predicted molar refractivity (Wildman–Crippen MR) is 69.9 cm³/mol. The van der Waals surface area contributed by atoms with Gasteiger partial charge in [-0.25, -0.2) is 4.79 Å². The number of nitrogens with one attached hydrogen (secondary N) is 2. The fourth-order valence-electron chi connectivity index (χ4n) is 1.74. The normalized spacial score (nSPS) is 9.78. The Balaban J connectivity index is 2.44. The minimum Gasteiger partial charge on any atom is -0.465 e. The monoisotopic (exact) mass is 240 g/mol. The molecule has 0 spiro atoms. The van der Waals surface area contributed by atoms with Gasteiger partial charge >= 0.3 is 6.09 Å². The third-order valence-electron chi connectivity index (χ3n) is 2.51. The third kappa shape index (κ3) is 2.55. The maximum absolute atomic E-state index is 10.6. The lowest BCUT2D eigenvalue weighted by Gasteiger charge is -2.10. The summed E-state index contributed by atoms with van der Waals surface area (Å²) < 4.78 is 0. The van der Waals surface area contributed by atoms with E-state index in [4.69, 9.17) is 10.5 Å². The number of amides is 1. The van der Waals surface area contributed by atoms with Crippen molar-refractivity contribution in [1.82, 2.24) is 5.32 Å². The van der Waals surface area contributed by atoms with Crippen LogP contribution in [0.1, 0.15) is 5.56 Å². The number of benzene rings is 2. The number of amidine groups is 1. The first kappa shape index (κ1) is 11.9. The van der Waals surface area contributed by atoms with Crippen LogP contribution in [-0.4, -0.2) is 17.0 Å². The average molecular weight is 240 g/mol. The fourth-order valence-corrected chi connectivity index (χ4v) is 1.74. The quantitative estimate of drug-likeness (QED) is 0.557. The van der Waals surface area contributed by atoms with Crippen molar-refractivity contribution in [3.8, 4) is 11.1 Å². The highest BCUT2D eigenvalue weighted by Crippen LogP contribution is 2.23. The smallest absolute Gasteiger partial charge is 0.410 e. The van der Waals surface area contributed by atoms with Crippen molar-refractivity contribution < 1.29 is 9.90 Å². The van der Waals surface area contributed by atoms with Crippen molar-refractivity contribution in [3.05, 3.63) is 60.2 Å². The molecular formula is C14H12N2O2. The van der Waals surface area contributed by atoms with Gasteiger partial charge in [0.1, 0.15) is 5.84 Å². The maximum Gasteiger partial charge on any atom is 0.410 e. The van der Waals surface area contributed by atoms with E-state index in [9.17, 15) is 4.79 Å². The van der Waals surface area contributed by atoms with Crippen LogP contribution in [0.4, 0.5) is 4.79 Å². The van der Waals surface area contributed by atoms with E-state index in [1.165, 1.54) is 0 Å². The van der Waals surface area contributed by atoms with Gasteiger partial charge in [0.15, 0.2) is 0 Å². The Morgan fingerprint density at radius 1 is 1.00 bits per heavy atom. The van der Waals surface area contributed by atoms with Crippen LogP contribution in [0, 0.1) is 5.41 Å². The summed E-state index contributed by atoms with van der Waals surface area (Å²) in [7, 11) is 0. The molecular weight excluding hydrogens is 228 g/mol. The molecule has 2 rings (SSSR count). The maximum atomic E-state index is 10.6. The summed E-state index contributed by atoms with van der Waals surface area (Å²) in [6.07, 6.45) is -1.23. The molecule has 0 fully saturated rings. The lowest BCUT2D eigenvalue weighted by molar-refractivity contribution is 0.200. The third-order valence-corrected chi connectivity index (χ3v) is 2.51. The summed E-state index contributed by atoms with van der Waals surface area (Å²) in [6, 6.07) is 16.8. The first-order chi connectivity index (χ1) is 8.68. The molecule has 2 aromatic carbocycles. The molecule has 0 saturated carbocycles. The second kappa shape index (κ2) is 5.14. The zero-order chi connectivity index (χ0) is 13.0. The van der Waals surface area contributed by atoms with Gasteiger partial charge in [0.25, 0.3) is 0 Å². The van der Waals surface area contributed by atoms with E-state index in [0.717, 1.165) is 11.1 Å². The molecule has 1 amide bonds. The lowest BCUT2D eigenvalue weighted by atomic mass is 9.99. The van der Waals surface area contributed by atoms with Gasteiger partial charge in [-0.05, 0) is 11.1 Å². The molecule has 0 radical (unpaired) electrons. The Morgan fingerprint density at radius 3 is 2.28 bits per heavy atom. The van der Waals surface area contributed by atoms with Crippen LogP contribution >= 0.6 is 0 Å². The molecule has 2 aromatic rings. The molecule has 90 valence electrons. The van der Waals surface area contributed by atoms with Crippen molar-refractivity contribution in [2.24, 2.45) is 0 Å². The molecule has 0 saturated heterocycles. The number of hydrogen-bond acceptors (Lipinski definition) is 2. The van der Waals surface area contributed by atoms with Crippen LogP contribution < -0.4 is 5.32 Å². The van der Waals surface area contributed by atoms with E-state index in [1.807, 2.05) is 42.5 Å². The highest BCUT2D eigenvalue weighted by molar-refractivity contribution is 6.08. The summed E-state index contributed by atoms with van der Waals surface area (Å²) >= 11 is 0. The second-order valence-corrected chi connectivity index (χ2v) is 3.72. The van der Waals surface area contributed by atoms with E-state index in [1.54, 1.807) is 12.1 Å². The highest BCUT2D eigenvalue weighted by Gasteiger charge is 2.10. The Hall–Kier alpha value is -2.62. The lowest BCUT2D eigenvalue weighted by Crippen LogP contribution is -2.29. The van der Waals surface area contributed by atoms with Crippen molar-refractivity contribution in [2.75, 3.05) is 0 Å². The van der Waals surface area contributed by atoms with E-state index >= 15 is 0 Å². The number of carbonyl (C=O) groups is 1. The summed E-state index contributed by atoms with van der Waals surface area (Å²) in [4.78, 5) is 10.6. The molecule has 0 aliphatic heterocycles. The van der Waals surface area contributed by atoms with Gasteiger partial charge in [-0.2, -0.15) is 0 Å². The van der Waals surface area contributed by atoms with Crippen LogP contribution in [0.3, 0.4) is 0 Å². The average Bonchev–Trinajstić information content (AvgIpc) is 2.39. The van der Waals surface area contributed by atoms with Crippen LogP contribution in [0.25, 0.3) is 11.1 Å². The van der Waals surface area contributed by atoms with Crippen molar-refractivity contribution in [3.63, 3.8) is 0 Å². The molecule has 3 N–H and O–H groups in total. The highest BCUT2D eigenvalue weighted by atomic mass is 16.4. The molecule has 0 bridgehead atoms. The van der Waals surface area contributed by atoms with Gasteiger partial charge < -0.3 is 5.11 Å². The van der Waals surface area contributed by atoms with Crippen molar-refractivity contribution >= 4 is 11.9 Å². The molecule has 18 heavy (non-hydrogen) atoms. The number of rotatable bonds is 2. The number of hydrogen-bond donors (Lipinski definition) is 3. The molecule has 0 aliphatic carbocycles. The molecule has 4 nitrogen and oxygen atoms in total. The SMILES string of the molecule is N=C(NC(=O)O)c1ccccc1-c1ccccc1. The Bertz CT molecular complexity index is 579. The molecule has 0 heterocycles. The number of carboxylic acid groups (broad SMARTS) is 1. The summed E-state index contributed by atoms with van der Waals surface area (Å²) in [6.45, 7) is 0. The van der Waals surface area contributed by atoms with Crippen LogP contribution in [-0.2, 0) is 0 Å². The van der Waals surface area contributed by atoms with Crippen LogP contribution in [0.2, 0.25) is 0 Å². The predicted octanol–water partition coefficient (Wildman–Crippen LogP) is 2.95. The summed E-state index contributed by atoms with van der Waals surface area (Å²) in [5, 5.41) is 18.5. The van der Waals surface area contributed by atoms with Crippen LogP contribution in [0.15, 0.2) is 54.6 Å².